The molecule has 1 N–H and O–H groups in total. The molecule has 1 aromatic heterocycles. The number of benzene rings is 2. The number of nitrogens with one attached hydrogen (secondary N) is 1. The van der Waals surface area contributed by atoms with Gasteiger partial charge in [0.05, 0.1) is 30.1 Å². The zero-order chi connectivity index (χ0) is 23.5. The van der Waals surface area contributed by atoms with E-state index in [1.807, 2.05) is 23.7 Å². The van der Waals surface area contributed by atoms with Gasteiger partial charge < -0.3 is 19.4 Å². The Labute approximate surface area is 188 Å². The fourth-order valence-corrected chi connectivity index (χ4v) is 4.25. The van der Waals surface area contributed by atoms with Gasteiger partial charge in [-0.1, -0.05) is 0 Å². The minimum absolute atomic E-state index is 0.120. The summed E-state index contributed by atoms with van der Waals surface area (Å²) in [6.07, 6.45) is 0.672. The van der Waals surface area contributed by atoms with E-state index in [9.17, 15) is 13.2 Å². The number of fused-ring (bicyclic) bond motifs is 1. The largest absolute Gasteiger partial charge is 0.497 e. The predicted molar refractivity (Wildman–Crippen MR) is 121 cm³/mol. The molecule has 0 radical (unpaired) electrons. The van der Waals surface area contributed by atoms with E-state index >= 15 is 0 Å². The van der Waals surface area contributed by atoms with E-state index in [-0.39, 0.29) is 17.2 Å². The summed E-state index contributed by atoms with van der Waals surface area (Å²) in [5.74, 6) is 1.91. The van der Waals surface area contributed by atoms with E-state index in [4.69, 9.17) is 9.47 Å². The maximum atomic E-state index is 12.4. The van der Waals surface area contributed by atoms with Crippen molar-refractivity contribution >= 4 is 27.0 Å². The molecule has 0 fully saturated rings. The molecule has 0 unspecified atom stereocenters. The van der Waals surface area contributed by atoms with Crippen LogP contribution in [0.25, 0.3) is 11.0 Å². The first-order valence-corrected chi connectivity index (χ1v) is 11.5. The van der Waals surface area contributed by atoms with E-state index in [0.29, 0.717) is 35.8 Å². The Bertz CT molecular complexity index is 1230. The smallest absolute Gasteiger partial charge is 0.242 e. The van der Waals surface area contributed by atoms with E-state index in [1.165, 1.54) is 18.4 Å². The molecule has 0 bridgehead atoms. The zero-order valence-corrected chi connectivity index (χ0v) is 19.7. The van der Waals surface area contributed by atoms with Crippen LogP contribution < -0.4 is 14.8 Å². The second kappa shape index (κ2) is 9.58. The van der Waals surface area contributed by atoms with Gasteiger partial charge in [-0.05, 0) is 30.3 Å². The van der Waals surface area contributed by atoms with Gasteiger partial charge >= 0.3 is 0 Å². The van der Waals surface area contributed by atoms with Crippen LogP contribution in [0.15, 0.2) is 41.3 Å². The number of carbonyl (C=O) groups excluding carboxylic acids is 1. The Morgan fingerprint density at radius 3 is 2.53 bits per heavy atom. The lowest BCUT2D eigenvalue weighted by molar-refractivity contribution is -0.121. The lowest BCUT2D eigenvalue weighted by atomic mass is 10.2. The molecule has 172 valence electrons. The fraction of sp³-hybridized carbons (Fsp3) is 0.364. The van der Waals surface area contributed by atoms with Crippen molar-refractivity contribution in [1.82, 2.24) is 19.2 Å². The van der Waals surface area contributed by atoms with E-state index in [0.717, 1.165) is 11.1 Å². The lowest BCUT2D eigenvalue weighted by Crippen LogP contribution is -2.23. The molecule has 0 aliphatic rings. The SMILES string of the molecule is COc1ccc(CNC(=O)CCc2nc3cc(S(=O)(=O)N(C)C)ccc3n2C)c(OC)c1. The van der Waals surface area contributed by atoms with Crippen molar-refractivity contribution < 1.29 is 22.7 Å². The van der Waals surface area contributed by atoms with Crippen molar-refractivity contribution in [3.8, 4) is 11.5 Å². The highest BCUT2D eigenvalue weighted by Gasteiger charge is 2.19. The number of imidazole rings is 1. The Morgan fingerprint density at radius 1 is 1.12 bits per heavy atom. The summed E-state index contributed by atoms with van der Waals surface area (Å²) >= 11 is 0. The third-order valence-electron chi connectivity index (χ3n) is 5.27. The number of rotatable bonds is 9. The maximum Gasteiger partial charge on any atom is 0.242 e. The van der Waals surface area contributed by atoms with Crippen molar-refractivity contribution in [1.29, 1.82) is 0 Å². The molecule has 2 aromatic carbocycles. The van der Waals surface area contributed by atoms with Crippen molar-refractivity contribution in [3.63, 3.8) is 0 Å². The molecule has 3 aromatic rings. The molecule has 0 saturated carbocycles. The monoisotopic (exact) mass is 460 g/mol. The molecule has 1 heterocycles. The van der Waals surface area contributed by atoms with Crippen molar-refractivity contribution in [2.75, 3.05) is 28.3 Å². The van der Waals surface area contributed by atoms with Gasteiger partial charge in [0.2, 0.25) is 15.9 Å². The first-order chi connectivity index (χ1) is 15.2. The first kappa shape index (κ1) is 23.6. The number of hydrogen-bond donors (Lipinski definition) is 1. The maximum absolute atomic E-state index is 12.4. The molecule has 10 heteroatoms. The van der Waals surface area contributed by atoms with E-state index < -0.39 is 10.0 Å². The van der Waals surface area contributed by atoms with Gasteiger partial charge in [0.25, 0.3) is 0 Å². The van der Waals surface area contributed by atoms with Crippen LogP contribution in [-0.4, -0.2) is 56.5 Å². The van der Waals surface area contributed by atoms with Crippen LogP contribution in [-0.2, 0) is 34.8 Å². The minimum atomic E-state index is -3.54. The average molecular weight is 461 g/mol. The molecular weight excluding hydrogens is 432 g/mol. The number of aryl methyl sites for hydroxylation is 2. The second-order valence-corrected chi connectivity index (χ2v) is 9.63. The summed E-state index contributed by atoms with van der Waals surface area (Å²) in [5, 5.41) is 2.89. The van der Waals surface area contributed by atoms with Crippen LogP contribution in [0.3, 0.4) is 0 Å². The summed E-state index contributed by atoms with van der Waals surface area (Å²) in [6, 6.07) is 10.3. The lowest BCUT2D eigenvalue weighted by Gasteiger charge is -2.11. The summed E-state index contributed by atoms with van der Waals surface area (Å²) in [6.45, 7) is 0.334. The number of hydrogen-bond acceptors (Lipinski definition) is 6. The van der Waals surface area contributed by atoms with Gasteiger partial charge in [-0.3, -0.25) is 4.79 Å². The Kier molecular flexibility index (Phi) is 7.05. The molecule has 0 aliphatic carbocycles. The number of carbonyl (C=O) groups is 1. The number of aromatic nitrogens is 2. The van der Waals surface area contributed by atoms with Crippen molar-refractivity contribution in [3.05, 3.63) is 47.8 Å². The number of nitrogens with zero attached hydrogens (tertiary/aromatic N) is 3. The quantitative estimate of drug-likeness (QED) is 0.525. The minimum Gasteiger partial charge on any atom is -0.497 e. The highest BCUT2D eigenvalue weighted by atomic mass is 32.2. The standard InChI is InChI=1S/C22H28N4O5S/c1-25(2)32(28,29)17-8-9-19-18(13-17)24-21(26(19)3)10-11-22(27)23-14-15-6-7-16(30-4)12-20(15)31-5/h6-9,12-13H,10-11,14H2,1-5H3,(H,23,27). The molecular formula is C22H28N4O5S. The number of amides is 1. The van der Waals surface area contributed by atoms with Crippen LogP contribution in [0.1, 0.15) is 17.8 Å². The van der Waals surface area contributed by atoms with Crippen molar-refractivity contribution in [2.24, 2.45) is 7.05 Å². The number of ether oxygens (including phenoxy) is 2. The Balaban J connectivity index is 1.67. The average Bonchev–Trinajstić information content (AvgIpc) is 3.10. The normalized spacial score (nSPS) is 11.7. The Hall–Kier alpha value is -3.11. The highest BCUT2D eigenvalue weighted by Crippen LogP contribution is 2.25. The van der Waals surface area contributed by atoms with Gasteiger partial charge in [-0.2, -0.15) is 0 Å². The number of sulfonamides is 1. The van der Waals surface area contributed by atoms with Gasteiger partial charge in [0, 0.05) is 52.2 Å². The molecule has 1 amide bonds. The third kappa shape index (κ3) is 4.86. The second-order valence-electron chi connectivity index (χ2n) is 7.48. The van der Waals surface area contributed by atoms with Gasteiger partial charge in [-0.15, -0.1) is 0 Å². The predicted octanol–water partition coefficient (Wildman–Crippen LogP) is 2.09. The highest BCUT2D eigenvalue weighted by molar-refractivity contribution is 7.89. The molecule has 0 spiro atoms. The summed E-state index contributed by atoms with van der Waals surface area (Å²) in [5.41, 5.74) is 2.23. The van der Waals surface area contributed by atoms with Gasteiger partial charge in [0.15, 0.2) is 0 Å². The summed E-state index contributed by atoms with van der Waals surface area (Å²) < 4.78 is 38.3. The summed E-state index contributed by atoms with van der Waals surface area (Å²) in [4.78, 5) is 17.1. The van der Waals surface area contributed by atoms with Crippen LogP contribution >= 0.6 is 0 Å². The van der Waals surface area contributed by atoms with Crippen LogP contribution in [0.5, 0.6) is 11.5 Å². The fourth-order valence-electron chi connectivity index (χ4n) is 3.33. The van der Waals surface area contributed by atoms with E-state index in [2.05, 4.69) is 10.3 Å². The zero-order valence-electron chi connectivity index (χ0n) is 18.9. The van der Waals surface area contributed by atoms with Crippen molar-refractivity contribution in [2.45, 2.75) is 24.3 Å². The van der Waals surface area contributed by atoms with Crippen LogP contribution in [0, 0.1) is 0 Å². The van der Waals surface area contributed by atoms with Crippen LogP contribution in [0.2, 0.25) is 0 Å². The summed E-state index contributed by atoms with van der Waals surface area (Å²) in [7, 11) is 4.44. The van der Waals surface area contributed by atoms with E-state index in [1.54, 1.807) is 38.5 Å². The molecule has 0 aliphatic heterocycles. The topological polar surface area (TPSA) is 103 Å². The molecule has 0 atom stereocenters. The molecule has 3 rings (SSSR count). The third-order valence-corrected chi connectivity index (χ3v) is 7.08. The Morgan fingerprint density at radius 2 is 1.88 bits per heavy atom. The molecule has 0 saturated heterocycles. The number of methoxy groups -OCH3 is 2. The van der Waals surface area contributed by atoms with Gasteiger partial charge in [-0.25, -0.2) is 17.7 Å². The molecule has 32 heavy (non-hydrogen) atoms. The van der Waals surface area contributed by atoms with Gasteiger partial charge in [0.1, 0.15) is 17.3 Å². The van der Waals surface area contributed by atoms with Crippen LogP contribution in [0.4, 0.5) is 0 Å². The molecule has 9 nitrogen and oxygen atoms in total. The first-order valence-electron chi connectivity index (χ1n) is 10.0.